The van der Waals surface area contributed by atoms with Crippen molar-refractivity contribution in [2.24, 2.45) is 0 Å². The van der Waals surface area contributed by atoms with Crippen molar-refractivity contribution >= 4 is 42.6 Å². The minimum absolute atomic E-state index is 0. The van der Waals surface area contributed by atoms with Crippen LogP contribution in [0.4, 0.5) is 5.82 Å². The zero-order valence-electron chi connectivity index (χ0n) is 15.3. The van der Waals surface area contributed by atoms with Gasteiger partial charge in [0.25, 0.3) is 5.91 Å². The number of nitrogens with zero attached hydrogens (tertiary/aromatic N) is 3. The molecule has 0 spiro atoms. The Labute approximate surface area is 177 Å². The van der Waals surface area contributed by atoms with Gasteiger partial charge in [0.2, 0.25) is 0 Å². The summed E-state index contributed by atoms with van der Waals surface area (Å²) >= 11 is 0. The minimum atomic E-state index is -0.601. The Kier molecular flexibility index (Phi) is 10.5. The van der Waals surface area contributed by atoms with Gasteiger partial charge in [0, 0.05) is 31.8 Å². The summed E-state index contributed by atoms with van der Waals surface area (Å²) in [5.74, 6) is 0.124. The Hall–Kier alpha value is -2.19. The third-order valence-electron chi connectivity index (χ3n) is 4.37. The molecule has 0 saturated carbocycles. The van der Waals surface area contributed by atoms with Gasteiger partial charge in [0.05, 0.1) is 18.1 Å². The molecule has 0 unspecified atom stereocenters. The fourth-order valence-electron chi connectivity index (χ4n) is 2.99. The summed E-state index contributed by atoms with van der Waals surface area (Å²) < 4.78 is 0. The third kappa shape index (κ3) is 7.44. The predicted molar refractivity (Wildman–Crippen MR) is 114 cm³/mol. The van der Waals surface area contributed by atoms with E-state index in [1.807, 2.05) is 6.07 Å². The molecule has 1 fully saturated rings. The molecule has 1 amide bonds. The number of nitrogens with one attached hydrogen (secondary N) is 2. The zero-order valence-corrected chi connectivity index (χ0v) is 17.0. The molecule has 3 N–H and O–H groups in total. The van der Waals surface area contributed by atoms with Gasteiger partial charge < -0.3 is 10.2 Å². The average Bonchev–Trinajstić information content (AvgIpc) is 3.13. The maximum atomic E-state index is 10.9. The summed E-state index contributed by atoms with van der Waals surface area (Å²) in [6.07, 6.45) is 8.07. The normalized spacial score (nSPS) is 16.2. The van der Waals surface area contributed by atoms with Crippen LogP contribution in [0.3, 0.4) is 0 Å². The van der Waals surface area contributed by atoms with Gasteiger partial charge in [-0.05, 0) is 24.5 Å². The molecule has 0 radical (unpaired) electrons. The van der Waals surface area contributed by atoms with Gasteiger partial charge in [-0.15, -0.1) is 24.8 Å². The van der Waals surface area contributed by atoms with Gasteiger partial charge in [0.15, 0.2) is 0 Å². The standard InChI is InChI=1S/C19H23N5O2.2ClH/c25-19(23-26)7-6-16-12-21-18(13-20-16)22-17-9-11-24(14-17)10-8-15-4-2-1-3-5-15;;/h1-7,12-13,17,26H,8-11,14H2,(H,21,22)(H,23,25);2*1H/t17-;;/m1../s1. The van der Waals surface area contributed by atoms with Crippen LogP contribution in [0.5, 0.6) is 0 Å². The van der Waals surface area contributed by atoms with Crippen LogP contribution in [0.15, 0.2) is 48.8 Å². The van der Waals surface area contributed by atoms with Crippen molar-refractivity contribution in [1.29, 1.82) is 0 Å². The molecule has 1 aromatic heterocycles. The summed E-state index contributed by atoms with van der Waals surface area (Å²) in [5.41, 5.74) is 3.45. The second-order valence-corrected chi connectivity index (χ2v) is 6.30. The minimum Gasteiger partial charge on any atom is -0.365 e. The van der Waals surface area contributed by atoms with Crippen molar-refractivity contribution in [3.63, 3.8) is 0 Å². The van der Waals surface area contributed by atoms with Crippen molar-refractivity contribution in [3.05, 3.63) is 60.1 Å². The van der Waals surface area contributed by atoms with Crippen LogP contribution in [-0.4, -0.2) is 51.7 Å². The molecule has 1 aliphatic rings. The number of hydrogen-bond donors (Lipinski definition) is 3. The molecule has 9 heteroatoms. The van der Waals surface area contributed by atoms with Crippen molar-refractivity contribution in [2.45, 2.75) is 18.9 Å². The molecule has 3 rings (SSSR count). The van der Waals surface area contributed by atoms with Gasteiger partial charge in [-0.25, -0.2) is 10.5 Å². The lowest BCUT2D eigenvalue weighted by Gasteiger charge is -2.17. The summed E-state index contributed by atoms with van der Waals surface area (Å²) in [6.45, 7) is 3.13. The number of aromatic nitrogens is 2. The Morgan fingerprint density at radius 1 is 1.21 bits per heavy atom. The quantitative estimate of drug-likeness (QED) is 0.358. The van der Waals surface area contributed by atoms with Crippen LogP contribution < -0.4 is 10.8 Å². The van der Waals surface area contributed by atoms with Gasteiger partial charge >= 0.3 is 0 Å². The Bertz CT molecular complexity index is 744. The molecule has 0 aliphatic carbocycles. The Morgan fingerprint density at radius 2 is 2.00 bits per heavy atom. The number of benzene rings is 1. The summed E-state index contributed by atoms with van der Waals surface area (Å²) in [5, 5.41) is 11.9. The largest absolute Gasteiger partial charge is 0.365 e. The van der Waals surface area contributed by atoms with Crippen molar-refractivity contribution in [2.75, 3.05) is 25.0 Å². The number of hydroxylamine groups is 1. The number of rotatable bonds is 7. The summed E-state index contributed by atoms with van der Waals surface area (Å²) in [6, 6.07) is 10.9. The predicted octanol–water partition coefficient (Wildman–Crippen LogP) is 2.57. The first-order valence-electron chi connectivity index (χ1n) is 8.70. The number of likely N-dealkylation sites (tertiary alicyclic amines) is 1. The van der Waals surface area contributed by atoms with E-state index in [0.29, 0.717) is 11.7 Å². The van der Waals surface area contributed by atoms with Crippen LogP contribution in [-0.2, 0) is 11.2 Å². The fraction of sp³-hybridized carbons (Fsp3) is 0.316. The van der Waals surface area contributed by atoms with Crippen LogP contribution in [0, 0.1) is 0 Å². The highest BCUT2D eigenvalue weighted by atomic mass is 35.5. The van der Waals surface area contributed by atoms with E-state index in [-0.39, 0.29) is 24.8 Å². The lowest BCUT2D eigenvalue weighted by molar-refractivity contribution is -0.124. The van der Waals surface area contributed by atoms with E-state index in [0.717, 1.165) is 38.3 Å². The molecule has 1 atom stereocenters. The smallest absolute Gasteiger partial charge is 0.267 e. The number of carbonyl (C=O) groups is 1. The van der Waals surface area contributed by atoms with Crippen LogP contribution in [0.2, 0.25) is 0 Å². The molecule has 7 nitrogen and oxygen atoms in total. The first kappa shape index (κ1) is 23.8. The average molecular weight is 426 g/mol. The van der Waals surface area contributed by atoms with Gasteiger partial charge in [-0.1, -0.05) is 30.3 Å². The molecule has 2 heterocycles. The highest BCUT2D eigenvalue weighted by Gasteiger charge is 2.22. The van der Waals surface area contributed by atoms with E-state index in [4.69, 9.17) is 5.21 Å². The Morgan fingerprint density at radius 3 is 2.68 bits per heavy atom. The molecule has 1 saturated heterocycles. The van der Waals surface area contributed by atoms with Gasteiger partial charge in [-0.3, -0.25) is 15.0 Å². The molecule has 2 aromatic rings. The molecule has 1 aliphatic heterocycles. The highest BCUT2D eigenvalue weighted by molar-refractivity contribution is 5.90. The zero-order chi connectivity index (χ0) is 18.2. The van der Waals surface area contributed by atoms with E-state index in [2.05, 4.69) is 44.5 Å². The number of hydrogen-bond acceptors (Lipinski definition) is 6. The van der Waals surface area contributed by atoms with E-state index >= 15 is 0 Å². The third-order valence-corrected chi connectivity index (χ3v) is 4.37. The summed E-state index contributed by atoms with van der Waals surface area (Å²) in [7, 11) is 0. The molecule has 152 valence electrons. The first-order valence-corrected chi connectivity index (χ1v) is 8.70. The van der Waals surface area contributed by atoms with Crippen LogP contribution >= 0.6 is 24.8 Å². The molecular weight excluding hydrogens is 401 g/mol. The number of halogens is 2. The molecular formula is C19H25Cl2N5O2. The number of carbonyl (C=O) groups excluding carboxylic acids is 1. The fourth-order valence-corrected chi connectivity index (χ4v) is 2.99. The van der Waals surface area contributed by atoms with Crippen molar-refractivity contribution in [1.82, 2.24) is 20.3 Å². The van der Waals surface area contributed by atoms with E-state index in [1.165, 1.54) is 23.2 Å². The molecule has 28 heavy (non-hydrogen) atoms. The monoisotopic (exact) mass is 425 g/mol. The maximum absolute atomic E-state index is 10.9. The molecule has 1 aromatic carbocycles. The second-order valence-electron chi connectivity index (χ2n) is 6.30. The number of anilines is 1. The van der Waals surface area contributed by atoms with E-state index in [9.17, 15) is 4.79 Å². The Balaban J connectivity index is 0.00000196. The van der Waals surface area contributed by atoms with Gasteiger partial charge in [0.1, 0.15) is 5.82 Å². The molecule has 0 bridgehead atoms. The van der Waals surface area contributed by atoms with E-state index < -0.39 is 5.91 Å². The van der Waals surface area contributed by atoms with Gasteiger partial charge in [-0.2, -0.15) is 0 Å². The van der Waals surface area contributed by atoms with Crippen LogP contribution in [0.1, 0.15) is 17.7 Å². The number of amides is 1. The maximum Gasteiger partial charge on any atom is 0.267 e. The van der Waals surface area contributed by atoms with Crippen LogP contribution in [0.25, 0.3) is 6.08 Å². The topological polar surface area (TPSA) is 90.4 Å². The second kappa shape index (κ2) is 12.3. The first-order chi connectivity index (χ1) is 12.7. The lowest BCUT2D eigenvalue weighted by atomic mass is 10.1. The summed E-state index contributed by atoms with van der Waals surface area (Å²) in [4.78, 5) is 22.0. The van der Waals surface area contributed by atoms with Crippen molar-refractivity contribution < 1.29 is 10.0 Å². The SMILES string of the molecule is Cl.Cl.O=C(C=Cc1cnc(N[C@@H]2CCN(CCc3ccccc3)C2)cn1)NO. The van der Waals surface area contributed by atoms with E-state index in [1.54, 1.807) is 12.4 Å². The lowest BCUT2D eigenvalue weighted by Crippen LogP contribution is -2.28. The highest BCUT2D eigenvalue weighted by Crippen LogP contribution is 2.15. The van der Waals surface area contributed by atoms with Crippen molar-refractivity contribution in [3.8, 4) is 0 Å².